The number of carbonyl (C=O) groups excluding carboxylic acids is 5. The van der Waals surface area contributed by atoms with Gasteiger partial charge in [-0.2, -0.15) is 0 Å². The summed E-state index contributed by atoms with van der Waals surface area (Å²) in [6.45, 7) is 6.15. The zero-order valence-electron chi connectivity index (χ0n) is 25.2. The number of nitrogens with one attached hydrogen (secondary N) is 1. The third kappa shape index (κ3) is 4.74. The largest absolute Gasteiger partial charge is 0.507 e. The van der Waals surface area contributed by atoms with Crippen molar-refractivity contribution >= 4 is 34.7 Å². The highest BCUT2D eigenvalue weighted by atomic mass is 16.3. The van der Waals surface area contributed by atoms with Gasteiger partial charge in [0, 0.05) is 38.3 Å². The first kappa shape index (κ1) is 31.7. The Bertz CT molecular complexity index is 1350. The SMILES string of the molecule is CN(C)c1c(CN[C@H](CO)C(C)(C)C)cc(O)c2c1C[C@H]1C[C@H]3[C@H](N(C)C)C(=O)C(C(N)=O)C(=O)[C@@]3(O)C(=O)C1C2=O. The van der Waals surface area contributed by atoms with E-state index >= 15 is 0 Å². The topological polar surface area (TPSA) is 191 Å². The highest BCUT2D eigenvalue weighted by Gasteiger charge is 2.69. The van der Waals surface area contributed by atoms with Crippen molar-refractivity contribution < 1.29 is 39.3 Å². The lowest BCUT2D eigenvalue weighted by Gasteiger charge is -2.52. The molecule has 0 aliphatic heterocycles. The van der Waals surface area contributed by atoms with E-state index in [4.69, 9.17) is 5.73 Å². The number of anilines is 1. The third-order valence-electron chi connectivity index (χ3n) is 9.33. The maximum atomic E-state index is 14.0. The summed E-state index contributed by atoms with van der Waals surface area (Å²) >= 11 is 0. The van der Waals surface area contributed by atoms with Gasteiger partial charge in [0.1, 0.15) is 5.75 Å². The number of phenols is 1. The van der Waals surface area contributed by atoms with Crippen LogP contribution in [0.15, 0.2) is 6.07 Å². The molecule has 0 spiro atoms. The summed E-state index contributed by atoms with van der Waals surface area (Å²) in [4.78, 5) is 70.1. The standard InChI is InChI=1S/C30H42N4O8/c1-29(2,3)18(12-35)32-11-14-10-17(36)20-15(22(14)33(4)5)8-13-9-16-23(34(6)7)25(38)21(28(31)41)27(40)30(16,42)26(39)19(13)24(20)37/h10,13,16,18-19,21,23,32,35-36,42H,8-9,11-12H2,1-7H3,(H2,31,41)/t13-,16-,18+,19?,21?,23-,30-/m0/s1. The number of likely N-dealkylation sites (N-methyl/N-ethyl adjacent to an activating group) is 1. The number of ketones is 4. The Morgan fingerprint density at radius 3 is 2.26 bits per heavy atom. The normalized spacial score (nSPS) is 30.1. The van der Waals surface area contributed by atoms with Crippen molar-refractivity contribution in [3.05, 3.63) is 22.8 Å². The van der Waals surface area contributed by atoms with E-state index in [1.165, 1.54) is 11.0 Å². The third-order valence-corrected chi connectivity index (χ3v) is 9.33. The second-order valence-corrected chi connectivity index (χ2v) is 13.4. The smallest absolute Gasteiger partial charge is 0.235 e. The molecule has 230 valence electrons. The first-order chi connectivity index (χ1) is 19.4. The van der Waals surface area contributed by atoms with Gasteiger partial charge in [-0.1, -0.05) is 20.8 Å². The van der Waals surface area contributed by atoms with E-state index < -0.39 is 64.4 Å². The quantitative estimate of drug-likeness (QED) is 0.257. The summed E-state index contributed by atoms with van der Waals surface area (Å²) in [6, 6.07) is 0.0484. The summed E-state index contributed by atoms with van der Waals surface area (Å²) in [7, 11) is 6.70. The van der Waals surface area contributed by atoms with Gasteiger partial charge in [-0.3, -0.25) is 28.9 Å². The molecule has 4 rings (SSSR count). The number of hydrogen-bond acceptors (Lipinski definition) is 11. The van der Waals surface area contributed by atoms with Crippen molar-refractivity contribution in [2.75, 3.05) is 39.7 Å². The molecule has 0 heterocycles. The van der Waals surface area contributed by atoms with Crippen LogP contribution in [0.4, 0.5) is 5.69 Å². The number of amides is 1. The van der Waals surface area contributed by atoms with Gasteiger partial charge >= 0.3 is 0 Å². The molecule has 12 heteroatoms. The number of nitrogens with two attached hydrogens (primary N) is 1. The van der Waals surface area contributed by atoms with Crippen LogP contribution in [0.3, 0.4) is 0 Å². The Morgan fingerprint density at radius 1 is 1.14 bits per heavy atom. The minimum absolute atomic E-state index is 0.0172. The predicted octanol–water partition coefficient (Wildman–Crippen LogP) is -0.570. The van der Waals surface area contributed by atoms with Crippen LogP contribution in [0.2, 0.25) is 0 Å². The Balaban J connectivity index is 1.82. The molecule has 0 radical (unpaired) electrons. The fourth-order valence-electron chi connectivity index (χ4n) is 7.30. The van der Waals surface area contributed by atoms with Crippen LogP contribution in [0.25, 0.3) is 0 Å². The minimum Gasteiger partial charge on any atom is -0.507 e. The molecule has 1 aromatic rings. The van der Waals surface area contributed by atoms with Crippen LogP contribution in [0, 0.1) is 29.1 Å². The summed E-state index contributed by atoms with van der Waals surface area (Å²) in [5.41, 5.74) is 4.19. The second kappa shape index (κ2) is 10.8. The number of primary amides is 1. The van der Waals surface area contributed by atoms with Crippen LogP contribution >= 0.6 is 0 Å². The van der Waals surface area contributed by atoms with Crippen LogP contribution in [0.1, 0.15) is 48.7 Å². The molecule has 3 aliphatic rings. The molecule has 6 N–H and O–H groups in total. The molecule has 1 amide bonds. The molecule has 7 atom stereocenters. The van der Waals surface area contributed by atoms with Crippen molar-refractivity contribution in [3.63, 3.8) is 0 Å². The van der Waals surface area contributed by atoms with Crippen molar-refractivity contribution in [2.24, 2.45) is 34.8 Å². The minimum atomic E-state index is -2.76. The van der Waals surface area contributed by atoms with Gasteiger partial charge < -0.3 is 31.3 Å². The number of aliphatic hydroxyl groups is 2. The number of aromatic hydroxyl groups is 1. The fraction of sp³-hybridized carbons (Fsp3) is 0.633. The number of Topliss-reactive ketones (excluding diaryl/α,β-unsaturated/α-hetero) is 4. The van der Waals surface area contributed by atoms with E-state index in [1.807, 2.05) is 25.7 Å². The molecule has 2 fully saturated rings. The molecular formula is C30H42N4O8. The number of rotatable bonds is 7. The van der Waals surface area contributed by atoms with E-state index in [-0.39, 0.29) is 48.8 Å². The second-order valence-electron chi connectivity index (χ2n) is 13.4. The first-order valence-corrected chi connectivity index (χ1v) is 14.1. The number of aliphatic hydroxyl groups excluding tert-OH is 1. The molecular weight excluding hydrogens is 544 g/mol. The van der Waals surface area contributed by atoms with Crippen LogP contribution in [-0.2, 0) is 32.1 Å². The van der Waals surface area contributed by atoms with Gasteiger partial charge in [0.2, 0.25) is 5.91 Å². The highest BCUT2D eigenvalue weighted by Crippen LogP contribution is 2.52. The average molecular weight is 587 g/mol. The van der Waals surface area contributed by atoms with Gasteiger partial charge in [-0.05, 0) is 55.5 Å². The number of fused-ring (bicyclic) bond motifs is 3. The molecule has 2 saturated carbocycles. The molecule has 0 bridgehead atoms. The summed E-state index contributed by atoms with van der Waals surface area (Å²) < 4.78 is 0. The van der Waals surface area contributed by atoms with E-state index in [2.05, 4.69) is 5.32 Å². The maximum Gasteiger partial charge on any atom is 0.235 e. The Morgan fingerprint density at radius 2 is 1.76 bits per heavy atom. The van der Waals surface area contributed by atoms with Crippen molar-refractivity contribution in [1.82, 2.24) is 10.2 Å². The molecule has 0 saturated heterocycles. The van der Waals surface area contributed by atoms with E-state index in [1.54, 1.807) is 28.2 Å². The van der Waals surface area contributed by atoms with Crippen molar-refractivity contribution in [1.29, 1.82) is 0 Å². The summed E-state index contributed by atoms with van der Waals surface area (Å²) in [5, 5.41) is 36.1. The highest BCUT2D eigenvalue weighted by molar-refractivity contribution is 6.32. The zero-order chi connectivity index (χ0) is 31.6. The molecule has 0 aromatic heterocycles. The van der Waals surface area contributed by atoms with Crippen molar-refractivity contribution in [3.8, 4) is 5.75 Å². The van der Waals surface area contributed by atoms with Gasteiger partial charge in [0.25, 0.3) is 0 Å². The molecule has 12 nitrogen and oxygen atoms in total. The van der Waals surface area contributed by atoms with Crippen LogP contribution in [0.5, 0.6) is 5.75 Å². The van der Waals surface area contributed by atoms with E-state index in [9.17, 15) is 39.3 Å². The number of benzene rings is 1. The lowest BCUT2D eigenvalue weighted by atomic mass is 9.52. The molecule has 2 unspecified atom stereocenters. The maximum absolute atomic E-state index is 14.0. The van der Waals surface area contributed by atoms with E-state index in [0.29, 0.717) is 16.8 Å². The monoisotopic (exact) mass is 586 g/mol. The first-order valence-electron chi connectivity index (χ1n) is 14.1. The number of nitrogens with zero attached hydrogens (tertiary/aromatic N) is 2. The van der Waals surface area contributed by atoms with Gasteiger partial charge in [-0.15, -0.1) is 0 Å². The molecule has 3 aliphatic carbocycles. The Kier molecular flexibility index (Phi) is 8.18. The van der Waals surface area contributed by atoms with Gasteiger partial charge in [0.05, 0.1) is 24.1 Å². The fourth-order valence-corrected chi connectivity index (χ4v) is 7.30. The lowest BCUT2D eigenvalue weighted by molar-refractivity contribution is -0.181. The Labute approximate surface area is 245 Å². The number of phenolic OH excluding ortho intramolecular Hbond substituents is 1. The Hall–Kier alpha value is -3.19. The van der Waals surface area contributed by atoms with Crippen LogP contribution in [-0.4, -0.2) is 102 Å². The van der Waals surface area contributed by atoms with Gasteiger partial charge in [-0.25, -0.2) is 0 Å². The lowest BCUT2D eigenvalue weighted by Crippen LogP contribution is -2.74. The molecule has 1 aromatic carbocycles. The van der Waals surface area contributed by atoms with E-state index in [0.717, 1.165) is 0 Å². The molecule has 42 heavy (non-hydrogen) atoms. The zero-order valence-corrected chi connectivity index (χ0v) is 25.2. The van der Waals surface area contributed by atoms with Crippen LogP contribution < -0.4 is 16.0 Å². The van der Waals surface area contributed by atoms with Crippen molar-refractivity contribution in [2.45, 2.75) is 57.8 Å². The predicted molar refractivity (Wildman–Crippen MR) is 153 cm³/mol. The van der Waals surface area contributed by atoms with Gasteiger partial charge in [0.15, 0.2) is 34.7 Å². The summed E-state index contributed by atoms with van der Waals surface area (Å²) in [6.07, 6.45) is 0.153. The number of carbonyl (C=O) groups is 5. The average Bonchev–Trinajstić information content (AvgIpc) is 2.85. The summed E-state index contributed by atoms with van der Waals surface area (Å²) in [5.74, 6) is -10.8. The number of hydrogen-bond donors (Lipinski definition) is 5.